The third-order valence-corrected chi connectivity index (χ3v) is 2.66. The number of amides is 1. The van der Waals surface area contributed by atoms with Crippen molar-refractivity contribution in [1.29, 1.82) is 5.26 Å². The number of rotatable bonds is 3. The van der Waals surface area contributed by atoms with Crippen molar-refractivity contribution in [2.45, 2.75) is 19.9 Å². The molecule has 0 radical (unpaired) electrons. The summed E-state index contributed by atoms with van der Waals surface area (Å²) >= 11 is 0. The molecule has 2 rings (SSSR count). The van der Waals surface area contributed by atoms with E-state index in [1.807, 2.05) is 13.8 Å². The van der Waals surface area contributed by atoms with Crippen LogP contribution in [0.15, 0.2) is 24.8 Å². The van der Waals surface area contributed by atoms with E-state index in [0.29, 0.717) is 11.1 Å². The van der Waals surface area contributed by atoms with Gasteiger partial charge in [0.2, 0.25) is 0 Å². The first-order valence-corrected chi connectivity index (χ1v) is 5.61. The van der Waals surface area contributed by atoms with Gasteiger partial charge in [0.15, 0.2) is 0 Å². The third kappa shape index (κ3) is 2.15. The number of hydrogen-bond acceptors (Lipinski definition) is 4. The van der Waals surface area contributed by atoms with E-state index in [9.17, 15) is 4.79 Å². The monoisotopic (exact) mass is 243 g/mol. The van der Waals surface area contributed by atoms with Crippen molar-refractivity contribution in [3.8, 4) is 6.07 Å². The van der Waals surface area contributed by atoms with E-state index in [2.05, 4.69) is 21.5 Å². The van der Waals surface area contributed by atoms with E-state index in [1.54, 1.807) is 23.1 Å². The molecule has 1 amide bonds. The number of hydrogen-bond donors (Lipinski definition) is 1. The zero-order valence-corrected chi connectivity index (χ0v) is 10.2. The fourth-order valence-corrected chi connectivity index (χ4v) is 1.58. The Morgan fingerprint density at radius 2 is 2.28 bits per heavy atom. The molecule has 1 unspecified atom stereocenters. The van der Waals surface area contributed by atoms with E-state index < -0.39 is 6.04 Å². The average Bonchev–Trinajstić information content (AvgIpc) is 2.79. The lowest BCUT2D eigenvalue weighted by molar-refractivity contribution is 0.0939. The highest BCUT2D eigenvalue weighted by Gasteiger charge is 2.19. The van der Waals surface area contributed by atoms with Crippen molar-refractivity contribution >= 4 is 11.4 Å². The molecule has 0 aliphatic carbocycles. The minimum atomic E-state index is -0.510. The summed E-state index contributed by atoms with van der Waals surface area (Å²) in [5.74, 6) is -0.253. The molecule has 0 aliphatic rings. The SMILES string of the molecule is CC(C)C(C#N)NC(=O)c1cnn2ccncc12. The lowest BCUT2D eigenvalue weighted by atomic mass is 10.1. The quantitative estimate of drug-likeness (QED) is 0.872. The second-order valence-corrected chi connectivity index (χ2v) is 4.29. The maximum atomic E-state index is 12.1. The first-order chi connectivity index (χ1) is 8.63. The van der Waals surface area contributed by atoms with E-state index in [4.69, 9.17) is 5.26 Å². The predicted molar refractivity (Wildman–Crippen MR) is 64.7 cm³/mol. The minimum Gasteiger partial charge on any atom is -0.336 e. The summed E-state index contributed by atoms with van der Waals surface area (Å²) in [5, 5.41) is 15.7. The molecule has 0 spiro atoms. The molecular formula is C12H13N5O. The minimum absolute atomic E-state index is 0.0545. The van der Waals surface area contributed by atoms with Gasteiger partial charge in [0, 0.05) is 12.4 Å². The van der Waals surface area contributed by atoms with Crippen LogP contribution in [0.1, 0.15) is 24.2 Å². The van der Waals surface area contributed by atoms with Crippen LogP contribution in [0, 0.1) is 17.2 Å². The number of carbonyl (C=O) groups is 1. The van der Waals surface area contributed by atoms with Crippen molar-refractivity contribution < 1.29 is 4.79 Å². The maximum Gasteiger partial charge on any atom is 0.256 e. The highest BCUT2D eigenvalue weighted by Crippen LogP contribution is 2.09. The van der Waals surface area contributed by atoms with Crippen LogP contribution < -0.4 is 5.32 Å². The third-order valence-electron chi connectivity index (χ3n) is 2.66. The normalized spacial score (nSPS) is 12.3. The molecule has 1 N–H and O–H groups in total. The van der Waals surface area contributed by atoms with Crippen molar-refractivity contribution in [3.63, 3.8) is 0 Å². The molecule has 18 heavy (non-hydrogen) atoms. The molecule has 0 aliphatic heterocycles. The molecule has 0 saturated heterocycles. The van der Waals surface area contributed by atoms with E-state index in [1.165, 1.54) is 6.20 Å². The molecular weight excluding hydrogens is 230 g/mol. The van der Waals surface area contributed by atoms with Gasteiger partial charge in [-0.05, 0) is 5.92 Å². The Bertz CT molecular complexity index is 610. The molecule has 0 bridgehead atoms. The second kappa shape index (κ2) is 4.84. The van der Waals surface area contributed by atoms with Gasteiger partial charge in [-0.25, -0.2) is 4.52 Å². The van der Waals surface area contributed by atoms with Gasteiger partial charge in [0.1, 0.15) is 6.04 Å². The van der Waals surface area contributed by atoms with Crippen LogP contribution >= 0.6 is 0 Å². The molecule has 0 fully saturated rings. The van der Waals surface area contributed by atoms with Crippen LogP contribution in [0.2, 0.25) is 0 Å². The Kier molecular flexibility index (Phi) is 3.24. The van der Waals surface area contributed by atoms with Gasteiger partial charge in [-0.3, -0.25) is 9.78 Å². The Morgan fingerprint density at radius 3 is 2.94 bits per heavy atom. The molecule has 6 heteroatoms. The molecule has 0 aromatic carbocycles. The second-order valence-electron chi connectivity index (χ2n) is 4.29. The van der Waals surface area contributed by atoms with Crippen LogP contribution in [-0.4, -0.2) is 26.5 Å². The van der Waals surface area contributed by atoms with Crippen molar-refractivity contribution in [2.24, 2.45) is 5.92 Å². The summed E-state index contributed by atoms with van der Waals surface area (Å²) in [6.07, 6.45) is 6.30. The lowest BCUT2D eigenvalue weighted by Crippen LogP contribution is -2.37. The molecule has 2 aromatic heterocycles. The zero-order chi connectivity index (χ0) is 13.1. The van der Waals surface area contributed by atoms with Gasteiger partial charge in [-0.15, -0.1) is 0 Å². The van der Waals surface area contributed by atoms with Gasteiger partial charge in [0.25, 0.3) is 5.91 Å². The molecule has 92 valence electrons. The standard InChI is InChI=1S/C12H13N5O/c1-8(2)10(5-13)16-12(18)9-6-15-17-4-3-14-7-11(9)17/h3-4,6-8,10H,1-2H3,(H,16,18). The van der Waals surface area contributed by atoms with E-state index in [-0.39, 0.29) is 11.8 Å². The molecule has 1 atom stereocenters. The summed E-state index contributed by atoms with van der Waals surface area (Å²) < 4.78 is 1.57. The van der Waals surface area contributed by atoms with Gasteiger partial charge in [0.05, 0.1) is 29.5 Å². The smallest absolute Gasteiger partial charge is 0.256 e. The van der Waals surface area contributed by atoms with E-state index >= 15 is 0 Å². The molecule has 0 saturated carbocycles. The fraction of sp³-hybridized carbons (Fsp3) is 0.333. The van der Waals surface area contributed by atoms with Crippen molar-refractivity contribution in [3.05, 3.63) is 30.4 Å². The first kappa shape index (κ1) is 12.0. The van der Waals surface area contributed by atoms with Gasteiger partial charge in [-0.2, -0.15) is 10.4 Å². The largest absolute Gasteiger partial charge is 0.336 e. The number of fused-ring (bicyclic) bond motifs is 1. The average molecular weight is 243 g/mol. The Labute approximate surface area is 104 Å². The summed E-state index contributed by atoms with van der Waals surface area (Å²) in [7, 11) is 0. The number of nitrogens with zero attached hydrogens (tertiary/aromatic N) is 4. The Morgan fingerprint density at radius 1 is 1.50 bits per heavy atom. The number of aromatic nitrogens is 3. The van der Waals surface area contributed by atoms with Gasteiger partial charge < -0.3 is 5.32 Å². The van der Waals surface area contributed by atoms with Crippen LogP contribution in [-0.2, 0) is 0 Å². The fourth-order valence-electron chi connectivity index (χ4n) is 1.58. The highest BCUT2D eigenvalue weighted by atomic mass is 16.1. The van der Waals surface area contributed by atoms with Crippen LogP contribution in [0.5, 0.6) is 0 Å². The predicted octanol–water partition coefficient (Wildman–Crippen LogP) is 1.01. The topological polar surface area (TPSA) is 83.1 Å². The Hall–Kier alpha value is -2.42. The van der Waals surface area contributed by atoms with Crippen LogP contribution in [0.4, 0.5) is 0 Å². The first-order valence-electron chi connectivity index (χ1n) is 5.61. The van der Waals surface area contributed by atoms with Crippen LogP contribution in [0.25, 0.3) is 5.52 Å². The van der Waals surface area contributed by atoms with Crippen molar-refractivity contribution in [1.82, 2.24) is 19.9 Å². The number of nitriles is 1. The van der Waals surface area contributed by atoms with Crippen molar-refractivity contribution in [2.75, 3.05) is 0 Å². The molecule has 2 heterocycles. The number of nitrogens with one attached hydrogen (secondary N) is 1. The molecule has 6 nitrogen and oxygen atoms in total. The summed E-state index contributed by atoms with van der Waals surface area (Å²) in [4.78, 5) is 16.0. The Balaban J connectivity index is 2.27. The molecule has 2 aromatic rings. The van der Waals surface area contributed by atoms with Gasteiger partial charge >= 0.3 is 0 Å². The van der Waals surface area contributed by atoms with E-state index in [0.717, 1.165) is 0 Å². The maximum absolute atomic E-state index is 12.1. The highest BCUT2D eigenvalue weighted by molar-refractivity contribution is 6.00. The summed E-state index contributed by atoms with van der Waals surface area (Å²) in [6, 6.07) is 1.56. The van der Waals surface area contributed by atoms with Crippen LogP contribution in [0.3, 0.4) is 0 Å². The van der Waals surface area contributed by atoms with Gasteiger partial charge in [-0.1, -0.05) is 13.8 Å². The summed E-state index contributed by atoms with van der Waals surface area (Å²) in [6.45, 7) is 3.76. The lowest BCUT2D eigenvalue weighted by Gasteiger charge is -2.14. The zero-order valence-electron chi connectivity index (χ0n) is 10.2. The number of carbonyl (C=O) groups excluding carboxylic acids is 1. The summed E-state index contributed by atoms with van der Waals surface area (Å²) in [5.41, 5.74) is 1.04.